The Morgan fingerprint density at radius 2 is 1.76 bits per heavy atom. The molecule has 17 heavy (non-hydrogen) atoms. The molecule has 0 aliphatic heterocycles. The summed E-state index contributed by atoms with van der Waals surface area (Å²) in [6.45, 7) is 3.12. The van der Waals surface area contributed by atoms with Crippen molar-refractivity contribution < 1.29 is 9.84 Å². The van der Waals surface area contributed by atoms with Crippen LogP contribution in [0.5, 0.6) is 0 Å². The summed E-state index contributed by atoms with van der Waals surface area (Å²) in [7, 11) is 0. The van der Waals surface area contributed by atoms with E-state index in [-0.39, 0.29) is 6.10 Å². The van der Waals surface area contributed by atoms with Gasteiger partial charge in [0.15, 0.2) is 0 Å². The maximum Gasteiger partial charge on any atom is 0.0604 e. The van der Waals surface area contributed by atoms with Gasteiger partial charge in [-0.1, -0.05) is 19.8 Å². The molecule has 0 radical (unpaired) electrons. The Kier molecular flexibility index (Phi) is 5.30. The molecule has 0 amide bonds. The molecule has 0 aromatic heterocycles. The lowest BCUT2D eigenvalue weighted by molar-refractivity contribution is -0.0211. The number of rotatable bonds is 4. The molecule has 2 saturated carbocycles. The highest BCUT2D eigenvalue weighted by atomic mass is 16.5. The van der Waals surface area contributed by atoms with E-state index in [9.17, 15) is 5.11 Å². The molecule has 0 aromatic carbocycles. The zero-order valence-corrected chi connectivity index (χ0v) is 11.2. The highest BCUT2D eigenvalue weighted by molar-refractivity contribution is 4.84. The van der Waals surface area contributed by atoms with E-state index in [4.69, 9.17) is 4.74 Å². The second-order valence-electron chi connectivity index (χ2n) is 5.94. The maximum atomic E-state index is 10.2. The third kappa shape index (κ3) is 3.69. The molecule has 2 aliphatic carbocycles. The molecule has 2 rings (SSSR count). The summed E-state index contributed by atoms with van der Waals surface area (Å²) < 4.78 is 6.08. The van der Waals surface area contributed by atoms with Crippen LogP contribution < -0.4 is 0 Å². The normalized spacial score (nSPS) is 38.5. The molecule has 4 atom stereocenters. The van der Waals surface area contributed by atoms with E-state index in [0.29, 0.717) is 12.0 Å². The summed E-state index contributed by atoms with van der Waals surface area (Å²) in [6.07, 6.45) is 11.1. The minimum Gasteiger partial charge on any atom is -0.393 e. The monoisotopic (exact) mass is 240 g/mol. The summed E-state index contributed by atoms with van der Waals surface area (Å²) >= 11 is 0. The van der Waals surface area contributed by atoms with Crippen molar-refractivity contribution in [1.29, 1.82) is 0 Å². The molecule has 0 heterocycles. The number of ether oxygens (including phenoxy) is 1. The van der Waals surface area contributed by atoms with Gasteiger partial charge < -0.3 is 9.84 Å². The Bertz CT molecular complexity index is 217. The van der Waals surface area contributed by atoms with E-state index in [1.165, 1.54) is 44.9 Å². The summed E-state index contributed by atoms with van der Waals surface area (Å²) in [5.41, 5.74) is 0. The fraction of sp³-hybridized carbons (Fsp3) is 1.00. The summed E-state index contributed by atoms with van der Waals surface area (Å²) in [4.78, 5) is 0. The van der Waals surface area contributed by atoms with Crippen molar-refractivity contribution in [2.45, 2.75) is 76.9 Å². The number of aliphatic hydroxyl groups is 1. The fourth-order valence-corrected chi connectivity index (χ4v) is 3.52. The van der Waals surface area contributed by atoms with Crippen LogP contribution in [-0.2, 0) is 4.74 Å². The van der Waals surface area contributed by atoms with Crippen LogP contribution in [0.25, 0.3) is 0 Å². The zero-order valence-electron chi connectivity index (χ0n) is 11.2. The van der Waals surface area contributed by atoms with Crippen LogP contribution in [0.15, 0.2) is 0 Å². The summed E-state index contributed by atoms with van der Waals surface area (Å²) in [5, 5.41) is 10.2. The van der Waals surface area contributed by atoms with Gasteiger partial charge in [-0.2, -0.15) is 0 Å². The van der Waals surface area contributed by atoms with Gasteiger partial charge in [0.2, 0.25) is 0 Å². The van der Waals surface area contributed by atoms with Crippen LogP contribution >= 0.6 is 0 Å². The van der Waals surface area contributed by atoms with E-state index in [1.54, 1.807) is 0 Å². The third-order valence-electron chi connectivity index (χ3n) is 4.70. The number of hydrogen-bond donors (Lipinski definition) is 1. The first-order valence-electron chi connectivity index (χ1n) is 7.61. The number of hydrogen-bond acceptors (Lipinski definition) is 2. The first kappa shape index (κ1) is 13.4. The second-order valence-corrected chi connectivity index (χ2v) is 5.94. The first-order valence-corrected chi connectivity index (χ1v) is 7.61. The first-order chi connectivity index (χ1) is 8.31. The van der Waals surface area contributed by atoms with Gasteiger partial charge in [0, 0.05) is 6.61 Å². The van der Waals surface area contributed by atoms with Crippen molar-refractivity contribution in [3.63, 3.8) is 0 Å². The molecule has 0 saturated heterocycles. The number of fused-ring (bicyclic) bond motifs is 3. The van der Waals surface area contributed by atoms with Crippen molar-refractivity contribution in [2.75, 3.05) is 6.61 Å². The largest absolute Gasteiger partial charge is 0.393 e. The highest BCUT2D eigenvalue weighted by Gasteiger charge is 2.32. The molecule has 2 nitrogen and oxygen atoms in total. The molecule has 100 valence electrons. The molecule has 0 aromatic rings. The van der Waals surface area contributed by atoms with Gasteiger partial charge >= 0.3 is 0 Å². The second kappa shape index (κ2) is 6.75. The zero-order chi connectivity index (χ0) is 12.1. The van der Waals surface area contributed by atoms with Crippen LogP contribution in [0.1, 0.15) is 64.7 Å². The van der Waals surface area contributed by atoms with Gasteiger partial charge in [-0.25, -0.2) is 0 Å². The average Bonchev–Trinajstić information content (AvgIpc) is 2.54. The highest BCUT2D eigenvalue weighted by Crippen LogP contribution is 2.37. The maximum absolute atomic E-state index is 10.2. The molecule has 1 N–H and O–H groups in total. The van der Waals surface area contributed by atoms with E-state index in [1.807, 2.05) is 0 Å². The Morgan fingerprint density at radius 3 is 2.59 bits per heavy atom. The SMILES string of the molecule is CCCCOC1CCC(O)C2CCCC1CC2. The van der Waals surface area contributed by atoms with Crippen molar-refractivity contribution in [3.05, 3.63) is 0 Å². The lowest BCUT2D eigenvalue weighted by Crippen LogP contribution is -2.30. The van der Waals surface area contributed by atoms with Gasteiger partial charge in [0.05, 0.1) is 12.2 Å². The van der Waals surface area contributed by atoms with E-state index in [2.05, 4.69) is 6.92 Å². The standard InChI is InChI=1S/C15H28O2/c1-2-3-11-17-15-10-9-14(16)12-5-4-6-13(15)8-7-12/h12-16H,2-11H2,1H3. The van der Waals surface area contributed by atoms with E-state index in [0.717, 1.165) is 25.4 Å². The molecule has 2 heteroatoms. The van der Waals surface area contributed by atoms with Crippen LogP contribution in [0.4, 0.5) is 0 Å². The third-order valence-corrected chi connectivity index (χ3v) is 4.70. The lowest BCUT2D eigenvalue weighted by Gasteiger charge is -2.31. The van der Waals surface area contributed by atoms with Gasteiger partial charge in [-0.15, -0.1) is 0 Å². The summed E-state index contributed by atoms with van der Waals surface area (Å²) in [5.74, 6) is 1.35. The smallest absolute Gasteiger partial charge is 0.0604 e. The molecular formula is C15H28O2. The number of aliphatic hydroxyl groups excluding tert-OH is 1. The van der Waals surface area contributed by atoms with E-state index < -0.39 is 0 Å². The predicted octanol–water partition coefficient (Wildman–Crippen LogP) is 3.52. The molecule has 2 fully saturated rings. The molecule has 2 bridgehead atoms. The topological polar surface area (TPSA) is 29.5 Å². The van der Waals surface area contributed by atoms with Gasteiger partial charge in [-0.05, 0) is 56.8 Å². The van der Waals surface area contributed by atoms with Gasteiger partial charge in [0.1, 0.15) is 0 Å². The average molecular weight is 240 g/mol. The molecule has 2 aliphatic rings. The quantitative estimate of drug-likeness (QED) is 0.762. The molecule has 0 spiro atoms. The lowest BCUT2D eigenvalue weighted by atomic mass is 9.84. The Balaban J connectivity index is 1.91. The summed E-state index contributed by atoms with van der Waals surface area (Å²) in [6, 6.07) is 0. The van der Waals surface area contributed by atoms with Crippen molar-refractivity contribution >= 4 is 0 Å². The van der Waals surface area contributed by atoms with Gasteiger partial charge in [0.25, 0.3) is 0 Å². The minimum absolute atomic E-state index is 0.0636. The van der Waals surface area contributed by atoms with Crippen molar-refractivity contribution in [1.82, 2.24) is 0 Å². The minimum atomic E-state index is -0.0636. The Morgan fingerprint density at radius 1 is 1.00 bits per heavy atom. The van der Waals surface area contributed by atoms with Crippen molar-refractivity contribution in [3.8, 4) is 0 Å². The van der Waals surface area contributed by atoms with Crippen molar-refractivity contribution in [2.24, 2.45) is 11.8 Å². The van der Waals surface area contributed by atoms with Crippen LogP contribution in [0.3, 0.4) is 0 Å². The Hall–Kier alpha value is -0.0800. The molecule has 4 unspecified atom stereocenters. The predicted molar refractivity (Wildman–Crippen MR) is 70.0 cm³/mol. The fourth-order valence-electron chi connectivity index (χ4n) is 3.52. The van der Waals surface area contributed by atoms with E-state index >= 15 is 0 Å². The van der Waals surface area contributed by atoms with Crippen LogP contribution in [0.2, 0.25) is 0 Å². The van der Waals surface area contributed by atoms with Crippen LogP contribution in [-0.4, -0.2) is 23.9 Å². The van der Waals surface area contributed by atoms with Crippen LogP contribution in [0, 0.1) is 11.8 Å². The molecular weight excluding hydrogens is 212 g/mol. The van der Waals surface area contributed by atoms with Gasteiger partial charge in [-0.3, -0.25) is 0 Å². The Labute approximate surface area is 106 Å². The number of unbranched alkanes of at least 4 members (excludes halogenated alkanes) is 1.